The van der Waals surface area contributed by atoms with Crippen LogP contribution in [0.1, 0.15) is 16.1 Å². The zero-order valence-corrected chi connectivity index (χ0v) is 15.0. The minimum absolute atomic E-state index is 0.0230. The molecule has 7 nitrogen and oxygen atoms in total. The van der Waals surface area contributed by atoms with Gasteiger partial charge in [0.15, 0.2) is 11.2 Å². The van der Waals surface area contributed by atoms with Crippen molar-refractivity contribution < 1.29 is 18.7 Å². The van der Waals surface area contributed by atoms with Crippen molar-refractivity contribution in [3.05, 3.63) is 75.7 Å². The first-order valence-corrected chi connectivity index (χ1v) is 8.48. The summed E-state index contributed by atoms with van der Waals surface area (Å²) in [4.78, 5) is 29.1. The van der Waals surface area contributed by atoms with E-state index in [2.05, 4.69) is 10.1 Å². The molecule has 4 aromatic rings. The lowest BCUT2D eigenvalue weighted by molar-refractivity contribution is 0.0695. The molecule has 0 amide bonds. The number of benzene rings is 2. The molecule has 4 N–H and O–H groups in total. The smallest absolute Gasteiger partial charge is 0.343 e. The standard InChI is InChI=1S/C20H14F2N4O3/c1-9-15(13-7-4-11(21)8-14(13)22)18-24-17(10-2-5-12(23)6-3-10)16(20(28)29)19(27)26(18)25-9/h2-8,25H,23H2,1H3,(H,28,29). The normalized spacial score (nSPS) is 11.1. The molecule has 0 atom stereocenters. The fourth-order valence-corrected chi connectivity index (χ4v) is 3.24. The Labute approximate surface area is 162 Å². The Morgan fingerprint density at radius 2 is 1.86 bits per heavy atom. The number of carbonyl (C=O) groups is 1. The first-order valence-electron chi connectivity index (χ1n) is 8.48. The third-order valence-corrected chi connectivity index (χ3v) is 4.56. The van der Waals surface area contributed by atoms with Gasteiger partial charge in [0.2, 0.25) is 0 Å². The highest BCUT2D eigenvalue weighted by molar-refractivity contribution is 5.95. The number of H-pyrrole nitrogens is 1. The second-order valence-corrected chi connectivity index (χ2v) is 6.46. The quantitative estimate of drug-likeness (QED) is 0.460. The van der Waals surface area contributed by atoms with Crippen LogP contribution in [0.4, 0.5) is 14.5 Å². The molecule has 0 aliphatic heterocycles. The topological polar surface area (TPSA) is 113 Å². The Balaban J connectivity index is 2.11. The van der Waals surface area contributed by atoms with Crippen molar-refractivity contribution in [2.75, 3.05) is 5.73 Å². The van der Waals surface area contributed by atoms with Gasteiger partial charge in [0.05, 0.1) is 5.69 Å². The van der Waals surface area contributed by atoms with Gasteiger partial charge in [-0.05, 0) is 31.2 Å². The number of aryl methyl sites for hydroxylation is 1. The molecule has 0 aliphatic carbocycles. The van der Waals surface area contributed by atoms with Crippen LogP contribution in [0.15, 0.2) is 47.3 Å². The predicted octanol–water partition coefficient (Wildman–Crippen LogP) is 3.22. The summed E-state index contributed by atoms with van der Waals surface area (Å²) in [6.07, 6.45) is 0. The second kappa shape index (κ2) is 6.55. The lowest BCUT2D eigenvalue weighted by Crippen LogP contribution is -2.25. The summed E-state index contributed by atoms with van der Waals surface area (Å²) < 4.78 is 28.7. The fourth-order valence-electron chi connectivity index (χ4n) is 3.24. The van der Waals surface area contributed by atoms with E-state index in [-0.39, 0.29) is 22.5 Å². The SMILES string of the molecule is Cc1[nH]n2c(=O)c(C(=O)O)c(-c3ccc(N)cc3)nc2c1-c1ccc(F)cc1F. The van der Waals surface area contributed by atoms with Crippen LogP contribution in [0.25, 0.3) is 28.0 Å². The van der Waals surface area contributed by atoms with Crippen LogP contribution < -0.4 is 11.3 Å². The number of nitrogens with zero attached hydrogens (tertiary/aromatic N) is 2. The zero-order valence-electron chi connectivity index (χ0n) is 15.0. The van der Waals surface area contributed by atoms with E-state index in [1.807, 2.05) is 0 Å². The van der Waals surface area contributed by atoms with E-state index in [1.165, 1.54) is 18.2 Å². The van der Waals surface area contributed by atoms with Gasteiger partial charge in [-0.25, -0.2) is 23.1 Å². The van der Waals surface area contributed by atoms with Gasteiger partial charge in [-0.1, -0.05) is 12.1 Å². The number of nitrogens with two attached hydrogens (primary N) is 1. The number of carboxylic acids is 1. The summed E-state index contributed by atoms with van der Waals surface area (Å²) in [6.45, 7) is 1.58. The van der Waals surface area contributed by atoms with Crippen LogP contribution in [0.2, 0.25) is 0 Å². The van der Waals surface area contributed by atoms with Gasteiger partial charge in [-0.2, -0.15) is 0 Å². The van der Waals surface area contributed by atoms with Crippen LogP contribution in [-0.2, 0) is 0 Å². The molecule has 0 unspecified atom stereocenters. The number of fused-ring (bicyclic) bond motifs is 1. The number of aromatic carboxylic acids is 1. The first kappa shape index (κ1) is 18.4. The van der Waals surface area contributed by atoms with Crippen molar-refractivity contribution in [1.82, 2.24) is 14.6 Å². The van der Waals surface area contributed by atoms with Crippen molar-refractivity contribution in [2.45, 2.75) is 6.92 Å². The maximum Gasteiger partial charge on any atom is 0.343 e. The van der Waals surface area contributed by atoms with E-state index < -0.39 is 28.7 Å². The minimum Gasteiger partial charge on any atom is -0.477 e. The Kier molecular flexibility index (Phi) is 4.15. The second-order valence-electron chi connectivity index (χ2n) is 6.46. The van der Waals surface area contributed by atoms with Crippen LogP contribution in [-0.4, -0.2) is 25.7 Å². The van der Waals surface area contributed by atoms with Gasteiger partial charge in [0, 0.05) is 34.1 Å². The summed E-state index contributed by atoms with van der Waals surface area (Å²) in [6, 6.07) is 9.23. The number of nitrogens with one attached hydrogen (secondary N) is 1. The molecule has 2 heterocycles. The van der Waals surface area contributed by atoms with Gasteiger partial charge in [-0.3, -0.25) is 9.89 Å². The van der Waals surface area contributed by atoms with E-state index in [9.17, 15) is 23.5 Å². The summed E-state index contributed by atoms with van der Waals surface area (Å²) in [5.74, 6) is -3.03. The van der Waals surface area contributed by atoms with Crippen molar-refractivity contribution in [2.24, 2.45) is 0 Å². The largest absolute Gasteiger partial charge is 0.477 e. The highest BCUT2D eigenvalue weighted by Gasteiger charge is 2.25. The van der Waals surface area contributed by atoms with Crippen molar-refractivity contribution in [1.29, 1.82) is 0 Å². The maximum atomic E-state index is 14.4. The highest BCUT2D eigenvalue weighted by Crippen LogP contribution is 2.31. The summed E-state index contributed by atoms with van der Waals surface area (Å²) in [5.41, 5.74) is 5.66. The average Bonchev–Trinajstić information content (AvgIpc) is 2.98. The van der Waals surface area contributed by atoms with Gasteiger partial charge >= 0.3 is 5.97 Å². The number of hydrogen-bond donors (Lipinski definition) is 3. The number of aromatic nitrogens is 3. The van der Waals surface area contributed by atoms with Crippen LogP contribution >= 0.6 is 0 Å². The Morgan fingerprint density at radius 3 is 2.48 bits per heavy atom. The maximum absolute atomic E-state index is 14.4. The molecule has 0 radical (unpaired) electrons. The van der Waals surface area contributed by atoms with Gasteiger partial charge in [0.25, 0.3) is 5.56 Å². The molecular formula is C20H14F2N4O3. The molecule has 29 heavy (non-hydrogen) atoms. The molecule has 0 aliphatic rings. The van der Waals surface area contributed by atoms with E-state index in [0.717, 1.165) is 16.6 Å². The van der Waals surface area contributed by atoms with E-state index in [4.69, 9.17) is 5.73 Å². The molecule has 146 valence electrons. The van der Waals surface area contributed by atoms with Gasteiger partial charge in [0.1, 0.15) is 11.6 Å². The number of anilines is 1. The fraction of sp³-hybridized carbons (Fsp3) is 0.0500. The Hall–Kier alpha value is -4.01. The third kappa shape index (κ3) is 2.92. The average molecular weight is 396 g/mol. The van der Waals surface area contributed by atoms with Gasteiger partial charge in [-0.15, -0.1) is 0 Å². The number of halogens is 2. The summed E-state index contributed by atoms with van der Waals surface area (Å²) in [7, 11) is 0. The van der Waals surface area contributed by atoms with Crippen molar-refractivity contribution in [3.63, 3.8) is 0 Å². The third-order valence-electron chi connectivity index (χ3n) is 4.56. The molecular weight excluding hydrogens is 382 g/mol. The summed E-state index contributed by atoms with van der Waals surface area (Å²) in [5, 5.41) is 12.3. The minimum atomic E-state index is -1.45. The van der Waals surface area contributed by atoms with E-state index in [1.54, 1.807) is 19.1 Å². The monoisotopic (exact) mass is 396 g/mol. The number of hydrogen-bond acceptors (Lipinski definition) is 4. The molecule has 0 saturated heterocycles. The number of aromatic amines is 1. The molecule has 0 bridgehead atoms. The first-order chi connectivity index (χ1) is 13.8. The molecule has 4 rings (SSSR count). The lowest BCUT2D eigenvalue weighted by atomic mass is 10.0. The molecule has 2 aromatic carbocycles. The number of carboxylic acid groups (broad SMARTS) is 1. The summed E-state index contributed by atoms with van der Waals surface area (Å²) >= 11 is 0. The Morgan fingerprint density at radius 1 is 1.17 bits per heavy atom. The number of rotatable bonds is 3. The molecule has 0 fully saturated rings. The van der Waals surface area contributed by atoms with Crippen LogP contribution in [0.3, 0.4) is 0 Å². The molecule has 0 saturated carbocycles. The van der Waals surface area contributed by atoms with E-state index >= 15 is 0 Å². The Bertz CT molecular complexity index is 1340. The number of nitrogen functional groups attached to an aromatic ring is 1. The van der Waals surface area contributed by atoms with Crippen LogP contribution in [0, 0.1) is 18.6 Å². The molecule has 9 heteroatoms. The lowest BCUT2D eigenvalue weighted by Gasteiger charge is -2.08. The predicted molar refractivity (Wildman–Crippen MR) is 103 cm³/mol. The van der Waals surface area contributed by atoms with Crippen molar-refractivity contribution >= 4 is 17.3 Å². The van der Waals surface area contributed by atoms with E-state index in [0.29, 0.717) is 16.9 Å². The zero-order chi connectivity index (χ0) is 20.9. The van der Waals surface area contributed by atoms with Gasteiger partial charge < -0.3 is 10.8 Å². The highest BCUT2D eigenvalue weighted by atomic mass is 19.1. The van der Waals surface area contributed by atoms with Crippen LogP contribution in [0.5, 0.6) is 0 Å². The van der Waals surface area contributed by atoms with Crippen molar-refractivity contribution in [3.8, 4) is 22.4 Å². The molecule has 2 aromatic heterocycles. The molecule has 0 spiro atoms.